The number of methoxy groups -OCH3 is 1. The number of hydrogen-bond donors (Lipinski definition) is 0. The van der Waals surface area contributed by atoms with Crippen molar-refractivity contribution in [2.75, 3.05) is 7.11 Å². The lowest BCUT2D eigenvalue weighted by Gasteiger charge is -2.06. The molecule has 0 N–H and O–H groups in total. The summed E-state index contributed by atoms with van der Waals surface area (Å²) in [6.07, 6.45) is 4.07. The van der Waals surface area contributed by atoms with Crippen LogP contribution in [0.1, 0.15) is 10.4 Å². The minimum atomic E-state index is 0.534. The van der Waals surface area contributed by atoms with Gasteiger partial charge in [-0.2, -0.15) is 0 Å². The molecule has 2 aromatic rings. The number of hydrogen-bond acceptors (Lipinski definition) is 3. The van der Waals surface area contributed by atoms with E-state index in [1.165, 1.54) is 0 Å². The molecule has 17 heavy (non-hydrogen) atoms. The minimum absolute atomic E-state index is 0.534. The number of carbonyl (C=O) groups is 1. The van der Waals surface area contributed by atoms with Crippen molar-refractivity contribution >= 4 is 17.9 Å². The predicted octanol–water partition coefficient (Wildman–Crippen LogP) is 3.22. The molecule has 0 saturated carbocycles. The van der Waals surface area contributed by atoms with E-state index < -0.39 is 0 Å². The van der Waals surface area contributed by atoms with Crippen molar-refractivity contribution in [3.05, 3.63) is 47.2 Å². The first-order valence-corrected chi connectivity index (χ1v) is 5.36. The van der Waals surface area contributed by atoms with Crippen molar-refractivity contribution in [1.29, 1.82) is 0 Å². The van der Waals surface area contributed by atoms with Crippen molar-refractivity contribution in [1.82, 2.24) is 4.98 Å². The molecule has 0 radical (unpaired) electrons. The Morgan fingerprint density at radius 1 is 1.29 bits per heavy atom. The van der Waals surface area contributed by atoms with Crippen molar-refractivity contribution in [3.63, 3.8) is 0 Å². The molecule has 0 bridgehead atoms. The van der Waals surface area contributed by atoms with Crippen LogP contribution in [0.5, 0.6) is 5.75 Å². The number of aromatic nitrogens is 1. The SMILES string of the molecule is COc1cncc(-c2ccc(Cl)cc2C=O)c1. The molecule has 86 valence electrons. The molecule has 3 nitrogen and oxygen atoms in total. The van der Waals surface area contributed by atoms with E-state index >= 15 is 0 Å². The zero-order valence-electron chi connectivity index (χ0n) is 9.18. The summed E-state index contributed by atoms with van der Waals surface area (Å²) in [5.41, 5.74) is 2.14. The molecule has 0 atom stereocenters. The van der Waals surface area contributed by atoms with Crippen LogP contribution < -0.4 is 4.74 Å². The van der Waals surface area contributed by atoms with Crippen LogP contribution in [-0.4, -0.2) is 18.4 Å². The Labute approximate surface area is 104 Å². The second-order valence-corrected chi connectivity index (χ2v) is 3.90. The summed E-state index contributed by atoms with van der Waals surface area (Å²) in [4.78, 5) is 15.1. The van der Waals surface area contributed by atoms with Gasteiger partial charge in [0.15, 0.2) is 6.29 Å². The van der Waals surface area contributed by atoms with Crippen LogP contribution in [0.4, 0.5) is 0 Å². The Hall–Kier alpha value is -1.87. The molecular formula is C13H10ClNO2. The summed E-state index contributed by atoms with van der Waals surface area (Å²) >= 11 is 5.84. The molecule has 1 aromatic carbocycles. The van der Waals surface area contributed by atoms with Crippen molar-refractivity contribution in [2.45, 2.75) is 0 Å². The number of pyridine rings is 1. The van der Waals surface area contributed by atoms with Crippen LogP contribution >= 0.6 is 11.6 Å². The van der Waals surface area contributed by atoms with Gasteiger partial charge in [0.05, 0.1) is 13.3 Å². The molecule has 0 aliphatic carbocycles. The maximum Gasteiger partial charge on any atom is 0.150 e. The van der Waals surface area contributed by atoms with Crippen LogP contribution in [-0.2, 0) is 0 Å². The third-order valence-corrected chi connectivity index (χ3v) is 2.64. The highest BCUT2D eigenvalue weighted by atomic mass is 35.5. The molecular weight excluding hydrogens is 238 g/mol. The molecule has 1 aromatic heterocycles. The fourth-order valence-electron chi connectivity index (χ4n) is 1.57. The van der Waals surface area contributed by atoms with Gasteiger partial charge in [0.25, 0.3) is 0 Å². The molecule has 0 saturated heterocycles. The van der Waals surface area contributed by atoms with E-state index in [1.54, 1.807) is 37.7 Å². The van der Waals surface area contributed by atoms with E-state index in [0.717, 1.165) is 17.4 Å². The van der Waals surface area contributed by atoms with Gasteiger partial charge < -0.3 is 4.74 Å². The van der Waals surface area contributed by atoms with Gasteiger partial charge in [-0.05, 0) is 23.8 Å². The molecule has 4 heteroatoms. The first-order valence-electron chi connectivity index (χ1n) is 4.98. The number of ether oxygens (including phenoxy) is 1. The normalized spacial score (nSPS) is 10.0. The highest BCUT2D eigenvalue weighted by Gasteiger charge is 2.06. The first kappa shape index (κ1) is 11.6. The summed E-state index contributed by atoms with van der Waals surface area (Å²) in [7, 11) is 1.57. The van der Waals surface area contributed by atoms with Crippen molar-refractivity contribution in [2.24, 2.45) is 0 Å². The van der Waals surface area contributed by atoms with Crippen LogP contribution in [0.15, 0.2) is 36.7 Å². The molecule has 1 heterocycles. The second-order valence-electron chi connectivity index (χ2n) is 3.46. The number of nitrogens with zero attached hydrogens (tertiary/aromatic N) is 1. The smallest absolute Gasteiger partial charge is 0.150 e. The van der Waals surface area contributed by atoms with Crippen molar-refractivity contribution in [3.8, 4) is 16.9 Å². The summed E-state index contributed by atoms with van der Waals surface area (Å²) in [5.74, 6) is 0.647. The van der Waals surface area contributed by atoms with Crippen LogP contribution in [0.2, 0.25) is 5.02 Å². The Morgan fingerprint density at radius 3 is 2.82 bits per heavy atom. The summed E-state index contributed by atoms with van der Waals surface area (Å²) < 4.78 is 5.10. The monoisotopic (exact) mass is 247 g/mol. The molecule has 0 spiro atoms. The zero-order valence-corrected chi connectivity index (χ0v) is 9.94. The molecule has 0 aliphatic heterocycles. The quantitative estimate of drug-likeness (QED) is 0.782. The van der Waals surface area contributed by atoms with Crippen LogP contribution in [0.3, 0.4) is 0 Å². The largest absolute Gasteiger partial charge is 0.495 e. The van der Waals surface area contributed by atoms with E-state index in [1.807, 2.05) is 6.07 Å². The topological polar surface area (TPSA) is 39.2 Å². The van der Waals surface area contributed by atoms with Crippen LogP contribution in [0, 0.1) is 0 Å². The van der Waals surface area contributed by atoms with Gasteiger partial charge in [-0.3, -0.25) is 9.78 Å². The van der Waals surface area contributed by atoms with E-state index in [9.17, 15) is 4.79 Å². The molecule has 0 amide bonds. The summed E-state index contributed by atoms with van der Waals surface area (Å²) in [6, 6.07) is 6.98. The van der Waals surface area contributed by atoms with Crippen molar-refractivity contribution < 1.29 is 9.53 Å². The van der Waals surface area contributed by atoms with Gasteiger partial charge >= 0.3 is 0 Å². The van der Waals surface area contributed by atoms with E-state index in [0.29, 0.717) is 16.3 Å². The third-order valence-electron chi connectivity index (χ3n) is 2.40. The van der Waals surface area contributed by atoms with Gasteiger partial charge in [0.1, 0.15) is 5.75 Å². The Balaban J connectivity index is 2.55. The lowest BCUT2D eigenvalue weighted by Crippen LogP contribution is -1.90. The van der Waals surface area contributed by atoms with Gasteiger partial charge in [0, 0.05) is 22.3 Å². The third kappa shape index (κ3) is 2.45. The molecule has 0 aliphatic rings. The fourth-order valence-corrected chi connectivity index (χ4v) is 1.75. The van der Waals surface area contributed by atoms with E-state index in [4.69, 9.17) is 16.3 Å². The maximum absolute atomic E-state index is 11.0. The number of carbonyl (C=O) groups excluding carboxylic acids is 1. The second kappa shape index (κ2) is 4.97. The Morgan fingerprint density at radius 2 is 2.12 bits per heavy atom. The number of benzene rings is 1. The Kier molecular flexibility index (Phi) is 3.40. The average molecular weight is 248 g/mol. The van der Waals surface area contributed by atoms with Crippen LogP contribution in [0.25, 0.3) is 11.1 Å². The Bertz CT molecular complexity index is 555. The minimum Gasteiger partial charge on any atom is -0.495 e. The van der Waals surface area contributed by atoms with Gasteiger partial charge in [-0.1, -0.05) is 17.7 Å². The lowest BCUT2D eigenvalue weighted by atomic mass is 10.0. The predicted molar refractivity (Wildman–Crippen MR) is 66.6 cm³/mol. The van der Waals surface area contributed by atoms with E-state index in [-0.39, 0.29) is 0 Å². The highest BCUT2D eigenvalue weighted by Crippen LogP contribution is 2.27. The average Bonchev–Trinajstić information content (AvgIpc) is 2.38. The van der Waals surface area contributed by atoms with E-state index in [2.05, 4.69) is 4.98 Å². The van der Waals surface area contributed by atoms with Gasteiger partial charge in [0.2, 0.25) is 0 Å². The molecule has 0 fully saturated rings. The number of rotatable bonds is 3. The molecule has 0 unspecified atom stereocenters. The lowest BCUT2D eigenvalue weighted by molar-refractivity contribution is 0.112. The zero-order chi connectivity index (χ0) is 12.3. The number of halogens is 1. The van der Waals surface area contributed by atoms with Gasteiger partial charge in [-0.15, -0.1) is 0 Å². The maximum atomic E-state index is 11.0. The number of aldehydes is 1. The standard InChI is InChI=1S/C13H10ClNO2/c1-17-12-5-9(6-15-7-12)13-3-2-11(14)4-10(13)8-16/h2-8H,1H3. The summed E-state index contributed by atoms with van der Waals surface area (Å²) in [6.45, 7) is 0. The highest BCUT2D eigenvalue weighted by molar-refractivity contribution is 6.31. The van der Waals surface area contributed by atoms with Gasteiger partial charge in [-0.25, -0.2) is 0 Å². The first-order chi connectivity index (χ1) is 8.24. The molecule has 2 rings (SSSR count). The fraction of sp³-hybridized carbons (Fsp3) is 0.0769. The summed E-state index contributed by atoms with van der Waals surface area (Å²) in [5, 5.41) is 0.534.